The van der Waals surface area contributed by atoms with E-state index in [1.807, 2.05) is 6.07 Å². The van der Waals surface area contributed by atoms with Gasteiger partial charge in [-0.2, -0.15) is 0 Å². The van der Waals surface area contributed by atoms with Crippen LogP contribution in [-0.2, 0) is 10.2 Å². The first-order valence-electron chi connectivity index (χ1n) is 5.77. The minimum Gasteiger partial charge on any atom is -0.379 e. The van der Waals surface area contributed by atoms with Gasteiger partial charge in [-0.3, -0.25) is 0 Å². The maximum atomic E-state index is 13.3. The second-order valence-electron chi connectivity index (χ2n) is 4.50. The van der Waals surface area contributed by atoms with Gasteiger partial charge in [0.05, 0.1) is 13.2 Å². The summed E-state index contributed by atoms with van der Waals surface area (Å²) in [5, 5.41) is 0. The van der Waals surface area contributed by atoms with Gasteiger partial charge in [0.15, 0.2) is 0 Å². The zero-order valence-electron chi connectivity index (χ0n) is 9.58. The minimum atomic E-state index is -0.185. The van der Waals surface area contributed by atoms with E-state index in [1.165, 1.54) is 6.07 Å². The molecule has 0 saturated carbocycles. The average molecular weight is 223 g/mol. The molecule has 88 valence electrons. The van der Waals surface area contributed by atoms with Crippen molar-refractivity contribution in [3.05, 3.63) is 35.6 Å². The van der Waals surface area contributed by atoms with Gasteiger partial charge in [0.2, 0.25) is 0 Å². The van der Waals surface area contributed by atoms with Crippen LogP contribution in [-0.4, -0.2) is 19.8 Å². The molecule has 1 aliphatic heterocycles. The van der Waals surface area contributed by atoms with Gasteiger partial charge in [0.1, 0.15) is 5.82 Å². The molecule has 1 atom stereocenters. The van der Waals surface area contributed by atoms with Gasteiger partial charge in [0, 0.05) is 5.41 Å². The molecule has 2 N–H and O–H groups in total. The van der Waals surface area contributed by atoms with Crippen molar-refractivity contribution >= 4 is 0 Å². The second-order valence-corrected chi connectivity index (χ2v) is 4.50. The molecular weight excluding hydrogens is 205 g/mol. The summed E-state index contributed by atoms with van der Waals surface area (Å²) in [5.41, 5.74) is 6.77. The van der Waals surface area contributed by atoms with Gasteiger partial charge in [-0.05, 0) is 30.2 Å². The summed E-state index contributed by atoms with van der Waals surface area (Å²) < 4.78 is 18.6. The molecule has 1 unspecified atom stereocenters. The highest BCUT2D eigenvalue weighted by Gasteiger charge is 2.45. The van der Waals surface area contributed by atoms with E-state index in [0.717, 1.165) is 12.0 Å². The molecule has 0 aromatic heterocycles. The quantitative estimate of drug-likeness (QED) is 0.848. The van der Waals surface area contributed by atoms with Crippen molar-refractivity contribution in [2.24, 2.45) is 11.7 Å². The van der Waals surface area contributed by atoms with Crippen molar-refractivity contribution in [3.8, 4) is 0 Å². The Morgan fingerprint density at radius 2 is 2.25 bits per heavy atom. The summed E-state index contributed by atoms with van der Waals surface area (Å²) in [6, 6.07) is 6.82. The van der Waals surface area contributed by atoms with Crippen LogP contribution in [0.1, 0.15) is 18.9 Å². The lowest BCUT2D eigenvalue weighted by Gasteiger charge is -2.47. The predicted octanol–water partition coefficient (Wildman–Crippen LogP) is 2.08. The first kappa shape index (κ1) is 11.6. The van der Waals surface area contributed by atoms with E-state index >= 15 is 0 Å². The number of benzene rings is 1. The van der Waals surface area contributed by atoms with Crippen molar-refractivity contribution in [1.29, 1.82) is 0 Å². The lowest BCUT2D eigenvalue weighted by Crippen LogP contribution is -2.54. The molecule has 0 bridgehead atoms. The molecule has 0 aliphatic carbocycles. The molecule has 2 rings (SSSR count). The lowest BCUT2D eigenvalue weighted by atomic mass is 9.67. The Morgan fingerprint density at radius 3 is 2.69 bits per heavy atom. The topological polar surface area (TPSA) is 35.2 Å². The number of hydrogen-bond donors (Lipinski definition) is 1. The van der Waals surface area contributed by atoms with Crippen molar-refractivity contribution in [2.75, 3.05) is 19.8 Å². The van der Waals surface area contributed by atoms with E-state index in [9.17, 15) is 4.39 Å². The second kappa shape index (κ2) is 4.52. The van der Waals surface area contributed by atoms with Gasteiger partial charge in [-0.1, -0.05) is 25.5 Å². The predicted molar refractivity (Wildman–Crippen MR) is 61.7 cm³/mol. The van der Waals surface area contributed by atoms with Crippen LogP contribution in [0.3, 0.4) is 0 Å². The molecular formula is C13H18FNO. The van der Waals surface area contributed by atoms with Crippen LogP contribution in [0.2, 0.25) is 0 Å². The van der Waals surface area contributed by atoms with Crippen molar-refractivity contribution in [3.63, 3.8) is 0 Å². The van der Waals surface area contributed by atoms with Crippen LogP contribution in [0.15, 0.2) is 24.3 Å². The van der Waals surface area contributed by atoms with Gasteiger partial charge in [0.25, 0.3) is 0 Å². The van der Waals surface area contributed by atoms with E-state index < -0.39 is 0 Å². The highest BCUT2D eigenvalue weighted by molar-refractivity contribution is 5.30. The molecule has 1 saturated heterocycles. The van der Waals surface area contributed by atoms with E-state index in [0.29, 0.717) is 25.7 Å². The number of rotatable bonds is 4. The highest BCUT2D eigenvalue weighted by atomic mass is 19.1. The highest BCUT2D eigenvalue weighted by Crippen LogP contribution is 2.40. The molecule has 0 amide bonds. The van der Waals surface area contributed by atoms with Gasteiger partial charge in [-0.15, -0.1) is 0 Å². The van der Waals surface area contributed by atoms with E-state index in [2.05, 4.69) is 6.92 Å². The summed E-state index contributed by atoms with van der Waals surface area (Å²) in [4.78, 5) is 0. The van der Waals surface area contributed by atoms with Crippen LogP contribution in [0.4, 0.5) is 4.39 Å². The molecule has 1 heterocycles. The lowest BCUT2D eigenvalue weighted by molar-refractivity contribution is -0.0899. The Bertz CT molecular complexity index is 359. The number of halogens is 1. The summed E-state index contributed by atoms with van der Waals surface area (Å²) in [5.74, 6) is 0.179. The SMILES string of the molecule is CCC(CN)C1(c2cccc(F)c2)COC1. The van der Waals surface area contributed by atoms with Crippen LogP contribution in [0.25, 0.3) is 0 Å². The fraction of sp³-hybridized carbons (Fsp3) is 0.538. The molecule has 1 aliphatic rings. The first-order valence-corrected chi connectivity index (χ1v) is 5.77. The zero-order valence-corrected chi connectivity index (χ0v) is 9.58. The van der Waals surface area contributed by atoms with E-state index in [1.54, 1.807) is 12.1 Å². The Labute approximate surface area is 95.6 Å². The average Bonchev–Trinajstić information content (AvgIpc) is 2.23. The normalized spacial score (nSPS) is 20.2. The summed E-state index contributed by atoms with van der Waals surface area (Å²) in [6.45, 7) is 4.06. The Morgan fingerprint density at radius 1 is 1.50 bits per heavy atom. The zero-order chi connectivity index (χ0) is 11.6. The number of nitrogens with two attached hydrogens (primary N) is 1. The van der Waals surface area contributed by atoms with E-state index in [-0.39, 0.29) is 11.2 Å². The maximum Gasteiger partial charge on any atom is 0.123 e. The van der Waals surface area contributed by atoms with E-state index in [4.69, 9.17) is 10.5 Å². The van der Waals surface area contributed by atoms with Crippen LogP contribution in [0.5, 0.6) is 0 Å². The fourth-order valence-electron chi connectivity index (χ4n) is 2.54. The standard InChI is InChI=1S/C13H18FNO/c1-2-10(7-15)13(8-16-9-13)11-4-3-5-12(14)6-11/h3-6,10H,2,7-9,15H2,1H3. The maximum absolute atomic E-state index is 13.3. The monoisotopic (exact) mass is 223 g/mol. The molecule has 2 nitrogen and oxygen atoms in total. The van der Waals surface area contributed by atoms with Crippen molar-refractivity contribution in [2.45, 2.75) is 18.8 Å². The van der Waals surface area contributed by atoms with Crippen molar-refractivity contribution in [1.82, 2.24) is 0 Å². The summed E-state index contributed by atoms with van der Waals surface area (Å²) in [6.07, 6.45) is 0.996. The fourth-order valence-corrected chi connectivity index (χ4v) is 2.54. The minimum absolute atomic E-state index is 0.0639. The molecule has 16 heavy (non-hydrogen) atoms. The molecule has 1 aromatic carbocycles. The third kappa shape index (κ3) is 1.74. The molecule has 1 aromatic rings. The van der Waals surface area contributed by atoms with Gasteiger partial charge in [-0.25, -0.2) is 4.39 Å². The Kier molecular flexibility index (Phi) is 3.26. The van der Waals surface area contributed by atoms with Crippen LogP contribution in [0, 0.1) is 11.7 Å². The third-order valence-electron chi connectivity index (χ3n) is 3.68. The first-order chi connectivity index (χ1) is 7.73. The van der Waals surface area contributed by atoms with Crippen LogP contribution >= 0.6 is 0 Å². The summed E-state index contributed by atoms with van der Waals surface area (Å²) >= 11 is 0. The largest absolute Gasteiger partial charge is 0.379 e. The summed E-state index contributed by atoms with van der Waals surface area (Å²) in [7, 11) is 0. The molecule has 3 heteroatoms. The molecule has 1 fully saturated rings. The Balaban J connectivity index is 2.34. The van der Waals surface area contributed by atoms with Crippen LogP contribution < -0.4 is 5.73 Å². The van der Waals surface area contributed by atoms with Gasteiger partial charge < -0.3 is 10.5 Å². The Hall–Kier alpha value is -0.930. The number of ether oxygens (including phenoxy) is 1. The van der Waals surface area contributed by atoms with Gasteiger partial charge >= 0.3 is 0 Å². The number of hydrogen-bond acceptors (Lipinski definition) is 2. The third-order valence-corrected chi connectivity index (χ3v) is 3.68. The molecule has 0 spiro atoms. The smallest absolute Gasteiger partial charge is 0.123 e. The molecule has 0 radical (unpaired) electrons. The van der Waals surface area contributed by atoms with Crippen molar-refractivity contribution < 1.29 is 9.13 Å².